The van der Waals surface area contributed by atoms with Gasteiger partial charge in [0.1, 0.15) is 10.8 Å². The number of ether oxygens (including phenoxy) is 1. The highest BCUT2D eigenvalue weighted by molar-refractivity contribution is 14.1. The van der Waals surface area contributed by atoms with Gasteiger partial charge in [0.2, 0.25) is 5.60 Å². The minimum absolute atomic E-state index is 0.221. The summed E-state index contributed by atoms with van der Waals surface area (Å²) in [5.41, 5.74) is 6.24. The highest BCUT2D eigenvalue weighted by Crippen LogP contribution is 2.32. The van der Waals surface area contributed by atoms with Gasteiger partial charge in [0.25, 0.3) is 5.91 Å². The van der Waals surface area contributed by atoms with Gasteiger partial charge in [0.05, 0.1) is 11.2 Å². The number of hydrogen-bond acceptors (Lipinski definition) is 5. The third kappa shape index (κ3) is 3.59. The quantitative estimate of drug-likeness (QED) is 0.321. The molecule has 1 amide bonds. The number of fused-ring (bicyclic) bond motifs is 1. The Morgan fingerprint density at radius 1 is 1.34 bits per heavy atom. The minimum Gasteiger partial charge on any atom is -0.468 e. The molecule has 8 heteroatoms. The third-order valence-corrected chi connectivity index (χ3v) is 5.96. The van der Waals surface area contributed by atoms with Gasteiger partial charge in [-0.3, -0.25) is 4.79 Å². The summed E-state index contributed by atoms with van der Waals surface area (Å²) < 4.78 is 8.79. The van der Waals surface area contributed by atoms with Gasteiger partial charge in [0, 0.05) is 26.6 Å². The fourth-order valence-electron chi connectivity index (χ4n) is 3.00. The number of carbonyl (C=O) groups excluding carboxylic acids is 1. The molecule has 0 aliphatic heterocycles. The highest BCUT2D eigenvalue weighted by Gasteiger charge is 2.29. The Labute approximate surface area is 184 Å². The van der Waals surface area contributed by atoms with Gasteiger partial charge in [-0.2, -0.15) is 5.10 Å². The molecule has 2 N–H and O–H groups in total. The number of benzene rings is 2. The monoisotopic (exact) mass is 514 g/mol. The summed E-state index contributed by atoms with van der Waals surface area (Å²) in [5.74, 6) is 2.69. The van der Waals surface area contributed by atoms with E-state index < -0.39 is 11.5 Å². The summed E-state index contributed by atoms with van der Waals surface area (Å²) in [6.45, 7) is 1.81. The summed E-state index contributed by atoms with van der Waals surface area (Å²) >= 11 is 3.64. The fraction of sp³-hybridized carbons (Fsp3) is 0.0952. The topological polar surface area (TPSA) is 83.0 Å². The summed E-state index contributed by atoms with van der Waals surface area (Å²) in [6, 6.07) is 13.1. The fourth-order valence-corrected chi connectivity index (χ4v) is 4.33. The Balaban J connectivity index is 1.82. The molecule has 144 valence electrons. The molecule has 0 saturated carbocycles. The van der Waals surface area contributed by atoms with Crippen LogP contribution in [0, 0.1) is 15.9 Å². The molecule has 6 nitrogen and oxygen atoms in total. The van der Waals surface area contributed by atoms with Crippen molar-refractivity contribution in [2.45, 2.75) is 12.5 Å². The first-order valence-corrected chi connectivity index (χ1v) is 10.5. The van der Waals surface area contributed by atoms with Crippen molar-refractivity contribution in [3.05, 3.63) is 68.3 Å². The number of halogens is 1. The Bertz CT molecular complexity index is 1260. The Kier molecular flexibility index (Phi) is 5.02. The lowest BCUT2D eigenvalue weighted by atomic mass is 10.1. The smallest absolute Gasteiger partial charge is 0.269 e. The zero-order valence-corrected chi connectivity index (χ0v) is 18.3. The molecule has 2 heterocycles. The van der Waals surface area contributed by atoms with Crippen molar-refractivity contribution in [1.82, 2.24) is 14.8 Å². The van der Waals surface area contributed by atoms with E-state index in [1.165, 1.54) is 11.3 Å². The van der Waals surface area contributed by atoms with Gasteiger partial charge >= 0.3 is 0 Å². The molecule has 4 rings (SSSR count). The van der Waals surface area contributed by atoms with E-state index >= 15 is 0 Å². The van der Waals surface area contributed by atoms with Crippen LogP contribution in [0.4, 0.5) is 0 Å². The molecule has 0 bridgehead atoms. The number of carbonyl (C=O) groups is 1. The van der Waals surface area contributed by atoms with Crippen LogP contribution in [0.2, 0.25) is 0 Å². The van der Waals surface area contributed by atoms with Crippen molar-refractivity contribution in [1.29, 1.82) is 0 Å². The van der Waals surface area contributed by atoms with Gasteiger partial charge < -0.3 is 10.5 Å². The second-order valence-corrected chi connectivity index (χ2v) is 8.54. The van der Waals surface area contributed by atoms with Crippen LogP contribution in [0.1, 0.15) is 22.4 Å². The SMILES string of the molecule is C#C[C@](C)(Oc1cc(I)cc(-n2nc(C(N)=O)c3ccccc32)c1)c1nccs1. The molecule has 0 aliphatic carbocycles. The van der Waals surface area contributed by atoms with E-state index in [0.29, 0.717) is 16.1 Å². The van der Waals surface area contributed by atoms with E-state index in [4.69, 9.17) is 16.9 Å². The number of nitrogens with two attached hydrogens (primary N) is 1. The van der Waals surface area contributed by atoms with Crippen molar-refractivity contribution in [2.75, 3.05) is 0 Å². The average Bonchev–Trinajstić information content (AvgIpc) is 3.36. The summed E-state index contributed by atoms with van der Waals surface area (Å²) in [5, 5.41) is 7.68. The summed E-state index contributed by atoms with van der Waals surface area (Å²) in [7, 11) is 0. The molecule has 0 fully saturated rings. The first-order chi connectivity index (χ1) is 13.9. The standard InChI is InChI=1S/C21H15IN4O2S/c1-3-21(2,20-24-8-9-29-20)28-15-11-13(22)10-14(12-15)26-17-7-5-4-6-16(17)18(25-26)19(23)27/h1,4-12H,2H3,(H2,23,27)/t21-/m0/s1. The molecule has 29 heavy (non-hydrogen) atoms. The maximum atomic E-state index is 11.8. The lowest BCUT2D eigenvalue weighted by Gasteiger charge is -2.23. The largest absolute Gasteiger partial charge is 0.468 e. The van der Waals surface area contributed by atoms with Crippen LogP contribution in [0.5, 0.6) is 5.75 Å². The van der Waals surface area contributed by atoms with Crippen LogP contribution < -0.4 is 10.5 Å². The third-order valence-electron chi connectivity index (χ3n) is 4.36. The number of hydrogen-bond donors (Lipinski definition) is 1. The van der Waals surface area contributed by atoms with E-state index in [1.54, 1.807) is 17.8 Å². The molecule has 0 saturated heterocycles. The predicted octanol–water partition coefficient (Wildman–Crippen LogP) is 4.11. The zero-order valence-electron chi connectivity index (χ0n) is 15.3. The number of nitrogens with zero attached hydrogens (tertiary/aromatic N) is 3. The molecule has 2 aromatic carbocycles. The minimum atomic E-state index is -1.000. The zero-order chi connectivity index (χ0) is 20.6. The van der Waals surface area contributed by atoms with Gasteiger partial charge in [-0.05, 0) is 47.7 Å². The number of para-hydroxylation sites is 1. The normalized spacial score (nSPS) is 13.0. The molecular formula is C21H15IN4O2S. The van der Waals surface area contributed by atoms with Crippen LogP contribution in [0.25, 0.3) is 16.6 Å². The Morgan fingerprint density at radius 2 is 2.14 bits per heavy atom. The Hall–Kier alpha value is -2.90. The van der Waals surface area contributed by atoms with Gasteiger partial charge in [0.15, 0.2) is 5.69 Å². The van der Waals surface area contributed by atoms with Crippen LogP contribution in [0.3, 0.4) is 0 Å². The van der Waals surface area contributed by atoms with E-state index in [9.17, 15) is 4.79 Å². The molecule has 0 spiro atoms. The number of primary amides is 1. The van der Waals surface area contributed by atoms with Crippen LogP contribution in [0.15, 0.2) is 54.0 Å². The number of aromatic nitrogens is 3. The van der Waals surface area contributed by atoms with Crippen molar-refractivity contribution >= 4 is 50.7 Å². The van der Waals surface area contributed by atoms with Crippen LogP contribution in [-0.4, -0.2) is 20.7 Å². The van der Waals surface area contributed by atoms with Crippen molar-refractivity contribution in [2.24, 2.45) is 5.73 Å². The van der Waals surface area contributed by atoms with Gasteiger partial charge in [-0.25, -0.2) is 9.67 Å². The maximum absolute atomic E-state index is 11.8. The molecular weight excluding hydrogens is 499 g/mol. The van der Waals surface area contributed by atoms with Crippen LogP contribution in [-0.2, 0) is 5.60 Å². The molecule has 1 atom stereocenters. The van der Waals surface area contributed by atoms with Crippen molar-refractivity contribution in [3.8, 4) is 23.8 Å². The molecule has 0 unspecified atom stereocenters. The number of amides is 1. The Morgan fingerprint density at radius 3 is 2.83 bits per heavy atom. The lowest BCUT2D eigenvalue weighted by molar-refractivity contribution is 0.0996. The van der Waals surface area contributed by atoms with E-state index in [-0.39, 0.29) is 5.69 Å². The van der Waals surface area contributed by atoms with Crippen molar-refractivity contribution in [3.63, 3.8) is 0 Å². The molecule has 0 radical (unpaired) electrons. The van der Waals surface area contributed by atoms with Crippen molar-refractivity contribution < 1.29 is 9.53 Å². The number of rotatable bonds is 5. The molecule has 4 aromatic rings. The molecule has 2 aromatic heterocycles. The molecule has 0 aliphatic rings. The number of terminal acetylenes is 1. The van der Waals surface area contributed by atoms with Gasteiger partial charge in [-0.1, -0.05) is 24.1 Å². The lowest BCUT2D eigenvalue weighted by Crippen LogP contribution is -2.27. The first-order valence-electron chi connectivity index (χ1n) is 8.56. The van der Waals surface area contributed by atoms with Gasteiger partial charge in [-0.15, -0.1) is 17.8 Å². The second-order valence-electron chi connectivity index (χ2n) is 6.40. The highest BCUT2D eigenvalue weighted by atomic mass is 127. The average molecular weight is 514 g/mol. The maximum Gasteiger partial charge on any atom is 0.269 e. The summed E-state index contributed by atoms with van der Waals surface area (Å²) in [6.07, 6.45) is 7.46. The van der Waals surface area contributed by atoms with E-state index in [2.05, 4.69) is 38.6 Å². The predicted molar refractivity (Wildman–Crippen MR) is 121 cm³/mol. The second kappa shape index (κ2) is 7.50. The summed E-state index contributed by atoms with van der Waals surface area (Å²) in [4.78, 5) is 16.1. The van der Waals surface area contributed by atoms with E-state index in [0.717, 1.165) is 14.8 Å². The van der Waals surface area contributed by atoms with Crippen LogP contribution >= 0.6 is 33.9 Å². The number of thiazole rings is 1. The first kappa shape index (κ1) is 19.4. The van der Waals surface area contributed by atoms with E-state index in [1.807, 2.05) is 47.8 Å².